The van der Waals surface area contributed by atoms with Crippen molar-refractivity contribution in [2.45, 2.75) is 226 Å². The van der Waals surface area contributed by atoms with Crippen LogP contribution >= 0.6 is 0 Å². The molecular formula is C64H100O6. The Labute approximate surface area is 429 Å². The second kappa shape index (κ2) is 56.9. The van der Waals surface area contributed by atoms with Crippen molar-refractivity contribution in [3.8, 4) is 0 Å². The topological polar surface area (TPSA) is 78.9 Å². The number of carbonyl (C=O) groups is 3. The molecule has 0 saturated carbocycles. The summed E-state index contributed by atoms with van der Waals surface area (Å²) < 4.78 is 16.7. The van der Waals surface area contributed by atoms with Crippen LogP contribution in [-0.2, 0) is 28.6 Å². The van der Waals surface area contributed by atoms with Crippen LogP contribution in [-0.4, -0.2) is 37.2 Å². The first-order valence-electron chi connectivity index (χ1n) is 27.8. The fourth-order valence-corrected chi connectivity index (χ4v) is 6.99. The predicted octanol–water partition coefficient (Wildman–Crippen LogP) is 18.8. The molecule has 0 aliphatic carbocycles. The number of allylic oxidation sites excluding steroid dienone is 24. The van der Waals surface area contributed by atoms with E-state index in [9.17, 15) is 14.4 Å². The van der Waals surface area contributed by atoms with Crippen LogP contribution in [0.4, 0.5) is 0 Å². The Bertz CT molecular complexity index is 1580. The zero-order chi connectivity index (χ0) is 50.7. The fourth-order valence-electron chi connectivity index (χ4n) is 6.99. The van der Waals surface area contributed by atoms with Crippen LogP contribution < -0.4 is 0 Å². The number of unbranched alkanes of at least 4 members (excludes halogenated alkanes) is 13. The van der Waals surface area contributed by atoms with Gasteiger partial charge in [-0.25, -0.2) is 0 Å². The van der Waals surface area contributed by atoms with Gasteiger partial charge < -0.3 is 14.2 Å². The molecule has 0 radical (unpaired) electrons. The number of hydrogen-bond donors (Lipinski definition) is 0. The monoisotopic (exact) mass is 965 g/mol. The Balaban J connectivity index is 4.37. The second-order valence-corrected chi connectivity index (χ2v) is 17.7. The molecule has 70 heavy (non-hydrogen) atoms. The van der Waals surface area contributed by atoms with Crippen molar-refractivity contribution < 1.29 is 28.6 Å². The number of rotatable bonds is 48. The summed E-state index contributed by atoms with van der Waals surface area (Å²) in [6.07, 6.45) is 81.4. The minimum Gasteiger partial charge on any atom is -0.462 e. The van der Waals surface area contributed by atoms with Gasteiger partial charge >= 0.3 is 17.9 Å². The highest BCUT2D eigenvalue weighted by molar-refractivity contribution is 5.71. The van der Waals surface area contributed by atoms with E-state index >= 15 is 0 Å². The average Bonchev–Trinajstić information content (AvgIpc) is 3.36. The van der Waals surface area contributed by atoms with Gasteiger partial charge in [0, 0.05) is 19.3 Å². The van der Waals surface area contributed by atoms with E-state index in [1.807, 2.05) is 0 Å². The van der Waals surface area contributed by atoms with Crippen LogP contribution in [0.1, 0.15) is 220 Å². The predicted molar refractivity (Wildman–Crippen MR) is 302 cm³/mol. The summed E-state index contributed by atoms with van der Waals surface area (Å²) in [7, 11) is 0. The molecule has 0 aliphatic heterocycles. The third-order valence-corrected chi connectivity index (χ3v) is 11.1. The molecule has 0 aliphatic rings. The molecule has 0 aromatic rings. The van der Waals surface area contributed by atoms with Crippen LogP contribution in [0.15, 0.2) is 146 Å². The maximum absolute atomic E-state index is 12.8. The van der Waals surface area contributed by atoms with Gasteiger partial charge in [-0.1, -0.05) is 231 Å². The zero-order valence-corrected chi connectivity index (χ0v) is 44.7. The van der Waals surface area contributed by atoms with Crippen LogP contribution in [0.5, 0.6) is 0 Å². The van der Waals surface area contributed by atoms with E-state index in [0.717, 1.165) is 141 Å². The molecule has 0 fully saturated rings. The van der Waals surface area contributed by atoms with Crippen LogP contribution in [0.2, 0.25) is 0 Å². The van der Waals surface area contributed by atoms with Gasteiger partial charge in [-0.15, -0.1) is 0 Å². The molecule has 1 unspecified atom stereocenters. The number of hydrogen-bond acceptors (Lipinski definition) is 6. The third kappa shape index (κ3) is 54.2. The zero-order valence-electron chi connectivity index (χ0n) is 44.7. The normalized spacial score (nSPS) is 13.2. The lowest BCUT2D eigenvalue weighted by atomic mass is 10.1. The molecule has 0 aromatic heterocycles. The molecule has 0 spiro atoms. The summed E-state index contributed by atoms with van der Waals surface area (Å²) in [5, 5.41) is 0. The van der Waals surface area contributed by atoms with Crippen molar-refractivity contribution in [2.75, 3.05) is 13.2 Å². The lowest BCUT2D eigenvalue weighted by Gasteiger charge is -2.18. The Kier molecular flexibility index (Phi) is 53.0. The van der Waals surface area contributed by atoms with Crippen LogP contribution in [0.25, 0.3) is 0 Å². The molecule has 0 saturated heterocycles. The largest absolute Gasteiger partial charge is 0.462 e. The van der Waals surface area contributed by atoms with E-state index in [1.165, 1.54) is 32.1 Å². The minimum absolute atomic E-state index is 0.108. The van der Waals surface area contributed by atoms with Gasteiger partial charge in [0.2, 0.25) is 0 Å². The molecule has 0 bridgehead atoms. The highest BCUT2D eigenvalue weighted by Crippen LogP contribution is 2.13. The molecule has 0 amide bonds. The van der Waals surface area contributed by atoms with Gasteiger partial charge in [0.25, 0.3) is 0 Å². The van der Waals surface area contributed by atoms with E-state index in [-0.39, 0.29) is 37.5 Å². The SMILES string of the molecule is CC/C=C\C/C=C\C/C=C\C/C=C\C/C=C\C/C=C\C/C=C\C/C=C\C/C=C\CCCC(=O)OCC(COC(=O)CCCCCCCCCC)OC(=O)CCCCCCC/C=C\C/C=C\C/C=C\CC. The van der Waals surface area contributed by atoms with Gasteiger partial charge in [-0.05, 0) is 116 Å². The third-order valence-electron chi connectivity index (χ3n) is 11.1. The maximum Gasteiger partial charge on any atom is 0.306 e. The molecule has 6 heteroatoms. The maximum atomic E-state index is 12.8. The van der Waals surface area contributed by atoms with E-state index in [1.54, 1.807) is 0 Å². The summed E-state index contributed by atoms with van der Waals surface area (Å²) in [6.45, 7) is 6.30. The first-order chi connectivity index (χ1) is 34.5. The van der Waals surface area contributed by atoms with Crippen molar-refractivity contribution >= 4 is 17.9 Å². The Morgan fingerprint density at radius 3 is 0.929 bits per heavy atom. The molecule has 0 heterocycles. The quantitative estimate of drug-likeness (QED) is 0.0262. The average molecular weight is 965 g/mol. The van der Waals surface area contributed by atoms with Gasteiger partial charge in [-0.3, -0.25) is 14.4 Å². The van der Waals surface area contributed by atoms with E-state index in [2.05, 4.69) is 167 Å². The lowest BCUT2D eigenvalue weighted by molar-refractivity contribution is -0.167. The number of esters is 3. The summed E-state index contributed by atoms with van der Waals surface area (Å²) in [4.78, 5) is 37.9. The molecule has 0 N–H and O–H groups in total. The van der Waals surface area contributed by atoms with Crippen LogP contribution in [0.3, 0.4) is 0 Å². The molecule has 1 atom stereocenters. The molecule has 0 rings (SSSR count). The molecule has 6 nitrogen and oxygen atoms in total. The van der Waals surface area contributed by atoms with E-state index in [0.29, 0.717) is 19.3 Å². The highest BCUT2D eigenvalue weighted by atomic mass is 16.6. The van der Waals surface area contributed by atoms with Crippen molar-refractivity contribution in [2.24, 2.45) is 0 Å². The van der Waals surface area contributed by atoms with Crippen molar-refractivity contribution in [3.63, 3.8) is 0 Å². The van der Waals surface area contributed by atoms with E-state index < -0.39 is 6.10 Å². The smallest absolute Gasteiger partial charge is 0.306 e. The second-order valence-electron chi connectivity index (χ2n) is 17.7. The van der Waals surface area contributed by atoms with Gasteiger partial charge in [-0.2, -0.15) is 0 Å². The fraction of sp³-hybridized carbons (Fsp3) is 0.578. The Morgan fingerprint density at radius 2 is 0.571 bits per heavy atom. The standard InChI is InChI=1S/C64H100O6/c1-4-7-10-13-16-19-21-23-25-26-27-28-29-30-31-32-33-34-35-36-37-38-40-41-43-45-48-51-54-57-63(66)69-60-61(59-68-62(65)56-53-50-47-18-15-12-9-6-3)70-64(67)58-55-52-49-46-44-42-39-24-22-20-17-14-11-8-5-2/h7-8,10-11,16-17,19-20,23-25,27-28,30-31,33-34,36-37,39-41,45,48,61H,4-6,9,12-15,18,21-22,26,29,32,35,38,42-44,46-47,49-60H2,1-3H3/b10-7-,11-8-,19-16-,20-17-,25-23-,28-27-,31-30-,34-33-,37-36-,39-24-,41-40-,48-45-. The van der Waals surface area contributed by atoms with E-state index in [4.69, 9.17) is 14.2 Å². The first kappa shape index (κ1) is 65.3. The summed E-state index contributed by atoms with van der Waals surface area (Å²) in [6, 6.07) is 0. The summed E-state index contributed by atoms with van der Waals surface area (Å²) in [5.41, 5.74) is 0. The Morgan fingerprint density at radius 1 is 0.300 bits per heavy atom. The Hall–Kier alpha value is -4.71. The first-order valence-corrected chi connectivity index (χ1v) is 27.8. The molecule has 0 aromatic carbocycles. The molecular weight excluding hydrogens is 865 g/mol. The van der Waals surface area contributed by atoms with Gasteiger partial charge in [0.15, 0.2) is 6.10 Å². The molecule has 392 valence electrons. The highest BCUT2D eigenvalue weighted by Gasteiger charge is 2.19. The van der Waals surface area contributed by atoms with Gasteiger partial charge in [0.1, 0.15) is 13.2 Å². The number of ether oxygens (including phenoxy) is 3. The van der Waals surface area contributed by atoms with Crippen molar-refractivity contribution in [1.29, 1.82) is 0 Å². The van der Waals surface area contributed by atoms with Crippen LogP contribution in [0, 0.1) is 0 Å². The minimum atomic E-state index is -0.813. The van der Waals surface area contributed by atoms with Crippen molar-refractivity contribution in [1.82, 2.24) is 0 Å². The number of carbonyl (C=O) groups excluding carboxylic acids is 3. The lowest BCUT2D eigenvalue weighted by Crippen LogP contribution is -2.30. The van der Waals surface area contributed by atoms with Gasteiger partial charge in [0.05, 0.1) is 0 Å². The van der Waals surface area contributed by atoms with Crippen molar-refractivity contribution in [3.05, 3.63) is 146 Å². The summed E-state index contributed by atoms with van der Waals surface area (Å²) in [5.74, 6) is -1.00. The summed E-state index contributed by atoms with van der Waals surface area (Å²) >= 11 is 0.